The number of nitrogens with one attached hydrogen (secondary N) is 1. The Hall–Kier alpha value is -1.88. The molecule has 0 spiro atoms. The van der Waals surface area contributed by atoms with Crippen LogP contribution in [-0.4, -0.2) is 8.42 Å². The highest BCUT2D eigenvalue weighted by molar-refractivity contribution is 7.86. The van der Waals surface area contributed by atoms with Crippen molar-refractivity contribution in [1.29, 1.82) is 5.26 Å². The smallest absolute Gasteiger partial charge is 0.239 e. The predicted octanol–water partition coefficient (Wildman–Crippen LogP) is 2.66. The van der Waals surface area contributed by atoms with E-state index in [0.717, 1.165) is 5.56 Å². The van der Waals surface area contributed by atoms with Crippen molar-refractivity contribution in [3.8, 4) is 6.07 Å². The van der Waals surface area contributed by atoms with Crippen LogP contribution in [0, 0.1) is 18.3 Å². The van der Waals surface area contributed by atoms with Gasteiger partial charge in [0.1, 0.15) is 11.1 Å². The maximum absolute atomic E-state index is 11.8. The van der Waals surface area contributed by atoms with Crippen molar-refractivity contribution in [2.45, 2.75) is 11.8 Å². The minimum absolute atomic E-state index is 0.0719. The Labute approximate surface area is 115 Å². The molecule has 1 aromatic carbocycles. The normalized spacial score (nSPS) is 10.9. The zero-order valence-corrected chi connectivity index (χ0v) is 11.6. The summed E-state index contributed by atoms with van der Waals surface area (Å²) in [6, 6.07) is 9.78. The molecule has 1 aromatic heterocycles. The Bertz CT molecular complexity index is 712. The van der Waals surface area contributed by atoms with Crippen LogP contribution in [0.4, 0.5) is 5.00 Å². The fourth-order valence-electron chi connectivity index (χ4n) is 1.30. The lowest BCUT2D eigenvalue weighted by atomic mass is 10.2. The van der Waals surface area contributed by atoms with Crippen LogP contribution in [0.1, 0.15) is 11.1 Å². The zero-order valence-electron chi connectivity index (χ0n) is 9.95. The van der Waals surface area contributed by atoms with Gasteiger partial charge >= 0.3 is 10.1 Å². The standard InChI is InChI=1S/C12H10N2O3S2/c1-9-2-4-11(5-3-9)19(15,16)17-14-12-6-10(7-13)8-18-12/h2-6,8,14H,1H3. The van der Waals surface area contributed by atoms with E-state index in [4.69, 9.17) is 9.55 Å². The van der Waals surface area contributed by atoms with Crippen molar-refractivity contribution in [3.63, 3.8) is 0 Å². The Balaban J connectivity index is 2.10. The first-order valence-corrected chi connectivity index (χ1v) is 7.55. The molecule has 0 fully saturated rings. The Morgan fingerprint density at radius 3 is 2.58 bits per heavy atom. The molecular formula is C12H10N2O3S2. The van der Waals surface area contributed by atoms with Crippen molar-refractivity contribution >= 4 is 26.5 Å². The van der Waals surface area contributed by atoms with Gasteiger partial charge in [0.05, 0.1) is 10.5 Å². The van der Waals surface area contributed by atoms with Gasteiger partial charge in [0.2, 0.25) is 0 Å². The number of nitrogens with zero attached hydrogens (tertiary/aromatic N) is 1. The van der Waals surface area contributed by atoms with Crippen molar-refractivity contribution in [2.24, 2.45) is 0 Å². The lowest BCUT2D eigenvalue weighted by Crippen LogP contribution is -2.10. The molecule has 0 saturated carbocycles. The summed E-state index contributed by atoms with van der Waals surface area (Å²) in [4.78, 5) is 0.0719. The molecule has 0 unspecified atom stereocenters. The molecule has 2 rings (SSSR count). The molecule has 0 saturated heterocycles. The second-order valence-electron chi connectivity index (χ2n) is 3.76. The molecule has 2 aromatic rings. The summed E-state index contributed by atoms with van der Waals surface area (Å²) in [6.45, 7) is 1.87. The lowest BCUT2D eigenvalue weighted by Gasteiger charge is -2.05. The van der Waals surface area contributed by atoms with Gasteiger partial charge in [-0.05, 0) is 25.1 Å². The van der Waals surface area contributed by atoms with Crippen LogP contribution in [0.15, 0.2) is 40.6 Å². The summed E-state index contributed by atoms with van der Waals surface area (Å²) in [7, 11) is -3.86. The minimum Gasteiger partial charge on any atom is -0.239 e. The van der Waals surface area contributed by atoms with E-state index in [1.54, 1.807) is 17.5 Å². The largest absolute Gasteiger partial charge is 0.317 e. The van der Waals surface area contributed by atoms with Gasteiger partial charge < -0.3 is 0 Å². The first-order chi connectivity index (χ1) is 9.01. The van der Waals surface area contributed by atoms with E-state index in [0.29, 0.717) is 10.6 Å². The van der Waals surface area contributed by atoms with Crippen LogP contribution in [0.2, 0.25) is 0 Å². The van der Waals surface area contributed by atoms with Gasteiger partial charge in [-0.25, -0.2) is 5.48 Å². The highest BCUT2D eigenvalue weighted by Crippen LogP contribution is 2.21. The predicted molar refractivity (Wildman–Crippen MR) is 72.1 cm³/mol. The van der Waals surface area contributed by atoms with Crippen molar-refractivity contribution < 1.29 is 12.7 Å². The summed E-state index contributed by atoms with van der Waals surface area (Å²) < 4.78 is 28.4. The lowest BCUT2D eigenvalue weighted by molar-refractivity contribution is 0.392. The van der Waals surface area contributed by atoms with Crippen LogP contribution < -0.4 is 5.48 Å². The number of thiophene rings is 1. The van der Waals surface area contributed by atoms with Crippen molar-refractivity contribution in [1.82, 2.24) is 0 Å². The number of benzene rings is 1. The molecule has 0 radical (unpaired) electrons. The summed E-state index contributed by atoms with van der Waals surface area (Å²) >= 11 is 1.19. The van der Waals surface area contributed by atoms with E-state index in [1.807, 2.05) is 13.0 Å². The number of hydrogen-bond donors (Lipinski definition) is 1. The van der Waals surface area contributed by atoms with Gasteiger partial charge in [-0.2, -0.15) is 13.7 Å². The second-order valence-corrected chi connectivity index (χ2v) is 6.22. The Morgan fingerprint density at radius 1 is 1.32 bits per heavy atom. The van der Waals surface area contributed by atoms with E-state index in [-0.39, 0.29) is 4.90 Å². The average molecular weight is 294 g/mol. The molecule has 0 bridgehead atoms. The summed E-state index contributed by atoms with van der Waals surface area (Å²) in [6.07, 6.45) is 0. The fourth-order valence-corrected chi connectivity index (χ4v) is 2.77. The molecule has 0 amide bonds. The molecule has 1 N–H and O–H groups in total. The van der Waals surface area contributed by atoms with Crippen molar-refractivity contribution in [2.75, 3.05) is 5.48 Å². The summed E-state index contributed by atoms with van der Waals surface area (Å²) in [5.74, 6) is 0. The number of nitriles is 1. The van der Waals surface area contributed by atoms with Gasteiger partial charge in [-0.1, -0.05) is 17.7 Å². The molecule has 0 atom stereocenters. The average Bonchev–Trinajstić information content (AvgIpc) is 2.85. The van der Waals surface area contributed by atoms with Gasteiger partial charge in [-0.3, -0.25) is 0 Å². The van der Waals surface area contributed by atoms with Crippen LogP contribution in [0.3, 0.4) is 0 Å². The van der Waals surface area contributed by atoms with Gasteiger partial charge in [0.15, 0.2) is 0 Å². The first-order valence-electron chi connectivity index (χ1n) is 5.26. The third-order valence-electron chi connectivity index (χ3n) is 2.29. The van der Waals surface area contributed by atoms with Gasteiger partial charge in [0, 0.05) is 5.38 Å². The molecule has 0 aliphatic heterocycles. The van der Waals surface area contributed by atoms with E-state index in [2.05, 4.69) is 5.48 Å². The second kappa shape index (κ2) is 5.40. The molecule has 1 heterocycles. The molecule has 19 heavy (non-hydrogen) atoms. The molecule has 0 aliphatic rings. The maximum Gasteiger partial charge on any atom is 0.317 e. The SMILES string of the molecule is Cc1ccc(S(=O)(=O)ONc2cc(C#N)cs2)cc1. The van der Waals surface area contributed by atoms with Gasteiger partial charge in [-0.15, -0.1) is 15.6 Å². The summed E-state index contributed by atoms with van der Waals surface area (Å²) in [5.41, 5.74) is 3.74. The van der Waals surface area contributed by atoms with E-state index in [1.165, 1.54) is 29.5 Å². The number of rotatable bonds is 4. The highest BCUT2D eigenvalue weighted by Gasteiger charge is 2.15. The number of hydrogen-bond acceptors (Lipinski definition) is 6. The molecule has 7 heteroatoms. The van der Waals surface area contributed by atoms with E-state index in [9.17, 15) is 8.42 Å². The Kier molecular flexibility index (Phi) is 3.85. The number of aryl methyl sites for hydroxylation is 1. The summed E-state index contributed by atoms with van der Waals surface area (Å²) in [5, 5.41) is 10.7. The zero-order chi connectivity index (χ0) is 13.9. The van der Waals surface area contributed by atoms with Crippen LogP contribution >= 0.6 is 11.3 Å². The van der Waals surface area contributed by atoms with Crippen LogP contribution in [0.5, 0.6) is 0 Å². The minimum atomic E-state index is -3.86. The monoisotopic (exact) mass is 294 g/mol. The molecule has 5 nitrogen and oxygen atoms in total. The van der Waals surface area contributed by atoms with Crippen LogP contribution in [0.25, 0.3) is 0 Å². The molecule has 98 valence electrons. The first kappa shape index (κ1) is 13.5. The Morgan fingerprint density at radius 2 is 2.00 bits per heavy atom. The maximum atomic E-state index is 11.8. The molecule has 0 aliphatic carbocycles. The van der Waals surface area contributed by atoms with Crippen molar-refractivity contribution in [3.05, 3.63) is 46.8 Å². The highest BCUT2D eigenvalue weighted by atomic mass is 32.2. The third-order valence-corrected chi connectivity index (χ3v) is 4.27. The van der Waals surface area contributed by atoms with E-state index < -0.39 is 10.1 Å². The van der Waals surface area contributed by atoms with Gasteiger partial charge in [0.25, 0.3) is 0 Å². The molecular weight excluding hydrogens is 284 g/mol. The third kappa shape index (κ3) is 3.32. The fraction of sp³-hybridized carbons (Fsp3) is 0.0833. The quantitative estimate of drug-likeness (QED) is 0.877. The van der Waals surface area contributed by atoms with Crippen LogP contribution in [-0.2, 0) is 14.4 Å². The number of anilines is 1. The topological polar surface area (TPSA) is 79.2 Å². The van der Waals surface area contributed by atoms with E-state index >= 15 is 0 Å².